The van der Waals surface area contributed by atoms with Gasteiger partial charge >= 0.3 is 0 Å². The number of carbonyl (C=O) groups excluding carboxylic acids is 2. The molecule has 3 aromatic rings. The van der Waals surface area contributed by atoms with Crippen molar-refractivity contribution < 1.29 is 9.59 Å². The number of thioether (sulfide) groups is 1. The normalized spacial score (nSPS) is 19.1. The highest BCUT2D eigenvalue weighted by atomic mass is 32.2. The Morgan fingerprint density at radius 2 is 2.08 bits per heavy atom. The smallest absolute Gasteiger partial charge is 0.252 e. The van der Waals surface area contributed by atoms with Crippen molar-refractivity contribution in [2.45, 2.75) is 29.9 Å². The Morgan fingerprint density at radius 1 is 1.27 bits per heavy atom. The molecule has 132 valence electrons. The highest BCUT2D eigenvalue weighted by molar-refractivity contribution is 8.02. The van der Waals surface area contributed by atoms with E-state index < -0.39 is 4.75 Å². The average Bonchev–Trinajstić information content (AvgIpc) is 3.03. The molecule has 1 atom stereocenters. The Labute approximate surface area is 159 Å². The summed E-state index contributed by atoms with van der Waals surface area (Å²) in [5, 5.41) is 6.15. The molecular formula is C19H17N3O2S2. The van der Waals surface area contributed by atoms with E-state index in [1.54, 1.807) is 6.92 Å². The maximum Gasteiger partial charge on any atom is 0.252 e. The Kier molecular flexibility index (Phi) is 4.20. The minimum atomic E-state index is -1.25. The molecule has 2 heterocycles. The number of anilines is 2. The Bertz CT molecular complexity index is 1030. The number of para-hydroxylation sites is 1. The molecule has 2 amide bonds. The van der Waals surface area contributed by atoms with Gasteiger partial charge in [-0.1, -0.05) is 48.2 Å². The maximum absolute atomic E-state index is 12.9. The van der Waals surface area contributed by atoms with Crippen LogP contribution in [0.2, 0.25) is 0 Å². The molecule has 0 saturated heterocycles. The summed E-state index contributed by atoms with van der Waals surface area (Å²) in [5.41, 5.74) is 2.81. The SMILES string of the molecule is CCc1ccc2nc(NC(=O)C3(C)Sc4ccccc4NC3=O)sc2c1. The lowest BCUT2D eigenvalue weighted by Crippen LogP contribution is -2.49. The summed E-state index contributed by atoms with van der Waals surface area (Å²) in [6.07, 6.45) is 0.948. The first-order valence-corrected chi connectivity index (χ1v) is 9.93. The zero-order chi connectivity index (χ0) is 18.3. The summed E-state index contributed by atoms with van der Waals surface area (Å²) in [7, 11) is 0. The zero-order valence-electron chi connectivity index (χ0n) is 14.3. The van der Waals surface area contributed by atoms with Crippen LogP contribution in [0.4, 0.5) is 10.8 Å². The van der Waals surface area contributed by atoms with Crippen molar-refractivity contribution in [3.63, 3.8) is 0 Å². The molecule has 2 aromatic carbocycles. The van der Waals surface area contributed by atoms with E-state index in [-0.39, 0.29) is 11.8 Å². The molecule has 0 radical (unpaired) electrons. The van der Waals surface area contributed by atoms with E-state index in [4.69, 9.17) is 0 Å². The van der Waals surface area contributed by atoms with Gasteiger partial charge in [-0.15, -0.1) is 0 Å². The molecule has 0 aliphatic carbocycles. The number of nitrogens with one attached hydrogen (secondary N) is 2. The van der Waals surface area contributed by atoms with Gasteiger partial charge in [0.1, 0.15) is 0 Å². The quantitative estimate of drug-likeness (QED) is 0.662. The third kappa shape index (κ3) is 2.87. The average molecular weight is 383 g/mol. The molecule has 1 aliphatic rings. The minimum Gasteiger partial charge on any atom is -0.323 e. The minimum absolute atomic E-state index is 0.326. The number of hydrogen-bond donors (Lipinski definition) is 2. The van der Waals surface area contributed by atoms with Gasteiger partial charge in [0.15, 0.2) is 9.88 Å². The molecule has 7 heteroatoms. The molecule has 1 aromatic heterocycles. The van der Waals surface area contributed by atoms with Crippen LogP contribution in [-0.4, -0.2) is 21.5 Å². The number of thiazole rings is 1. The summed E-state index contributed by atoms with van der Waals surface area (Å²) in [4.78, 5) is 30.8. The van der Waals surface area contributed by atoms with Crippen LogP contribution in [0, 0.1) is 0 Å². The number of fused-ring (bicyclic) bond motifs is 2. The maximum atomic E-state index is 12.9. The number of hydrogen-bond acceptors (Lipinski definition) is 5. The van der Waals surface area contributed by atoms with Crippen molar-refractivity contribution in [2.24, 2.45) is 0 Å². The van der Waals surface area contributed by atoms with E-state index in [2.05, 4.69) is 28.6 Å². The predicted octanol–water partition coefficient (Wildman–Crippen LogP) is 4.30. The lowest BCUT2D eigenvalue weighted by atomic mass is 10.1. The molecular weight excluding hydrogens is 366 g/mol. The Balaban J connectivity index is 1.60. The molecule has 0 fully saturated rings. The van der Waals surface area contributed by atoms with Crippen molar-refractivity contribution in [1.82, 2.24) is 4.98 Å². The Hall–Kier alpha value is -2.38. The van der Waals surface area contributed by atoms with Gasteiger partial charge in [0.05, 0.1) is 15.9 Å². The number of rotatable bonds is 3. The lowest BCUT2D eigenvalue weighted by Gasteiger charge is -2.31. The van der Waals surface area contributed by atoms with Crippen molar-refractivity contribution in [3.8, 4) is 0 Å². The van der Waals surface area contributed by atoms with Crippen LogP contribution in [0.15, 0.2) is 47.4 Å². The molecule has 4 rings (SSSR count). The van der Waals surface area contributed by atoms with Gasteiger partial charge in [-0.25, -0.2) is 4.98 Å². The van der Waals surface area contributed by atoms with Crippen molar-refractivity contribution in [3.05, 3.63) is 48.0 Å². The van der Waals surface area contributed by atoms with Crippen LogP contribution in [0.3, 0.4) is 0 Å². The largest absolute Gasteiger partial charge is 0.323 e. The van der Waals surface area contributed by atoms with Crippen LogP contribution in [-0.2, 0) is 16.0 Å². The van der Waals surface area contributed by atoms with Gasteiger partial charge in [0.2, 0.25) is 5.91 Å². The first-order valence-electron chi connectivity index (χ1n) is 8.30. The van der Waals surface area contributed by atoms with Crippen LogP contribution >= 0.6 is 23.1 Å². The second-order valence-corrected chi connectivity index (χ2v) is 8.71. The van der Waals surface area contributed by atoms with E-state index in [0.717, 1.165) is 27.2 Å². The van der Waals surface area contributed by atoms with Gasteiger partial charge in [0, 0.05) is 4.90 Å². The molecule has 1 unspecified atom stereocenters. The number of aryl methyl sites for hydroxylation is 1. The fraction of sp³-hybridized carbons (Fsp3) is 0.211. The lowest BCUT2D eigenvalue weighted by molar-refractivity contribution is -0.126. The predicted molar refractivity (Wildman–Crippen MR) is 107 cm³/mol. The first-order chi connectivity index (χ1) is 12.5. The summed E-state index contributed by atoms with van der Waals surface area (Å²) >= 11 is 2.68. The number of benzene rings is 2. The summed E-state index contributed by atoms with van der Waals surface area (Å²) < 4.78 is -0.225. The molecule has 0 spiro atoms. The number of amides is 2. The third-order valence-electron chi connectivity index (χ3n) is 4.40. The topological polar surface area (TPSA) is 71.1 Å². The van der Waals surface area contributed by atoms with Gasteiger partial charge in [0.25, 0.3) is 5.91 Å². The van der Waals surface area contributed by atoms with E-state index in [0.29, 0.717) is 5.13 Å². The molecule has 26 heavy (non-hydrogen) atoms. The van der Waals surface area contributed by atoms with Crippen molar-refractivity contribution in [1.29, 1.82) is 0 Å². The highest BCUT2D eigenvalue weighted by Gasteiger charge is 2.46. The molecule has 0 bridgehead atoms. The fourth-order valence-electron chi connectivity index (χ4n) is 2.78. The van der Waals surface area contributed by atoms with E-state index in [9.17, 15) is 9.59 Å². The van der Waals surface area contributed by atoms with Gasteiger partial charge in [-0.3, -0.25) is 9.59 Å². The Morgan fingerprint density at radius 3 is 2.88 bits per heavy atom. The van der Waals surface area contributed by atoms with Crippen LogP contribution in [0.5, 0.6) is 0 Å². The van der Waals surface area contributed by atoms with Crippen LogP contribution in [0.1, 0.15) is 19.4 Å². The van der Waals surface area contributed by atoms with E-state index in [1.807, 2.05) is 36.4 Å². The second kappa shape index (κ2) is 6.41. The van der Waals surface area contributed by atoms with Crippen LogP contribution in [0.25, 0.3) is 10.2 Å². The third-order valence-corrected chi connectivity index (χ3v) is 6.69. The van der Waals surface area contributed by atoms with Gasteiger partial charge < -0.3 is 10.6 Å². The molecule has 2 N–H and O–H groups in total. The monoisotopic (exact) mass is 383 g/mol. The first kappa shape index (κ1) is 17.1. The van der Waals surface area contributed by atoms with Crippen molar-refractivity contribution >= 4 is 55.9 Å². The fourth-order valence-corrected chi connectivity index (χ4v) is 4.80. The number of aromatic nitrogens is 1. The molecule has 0 saturated carbocycles. The summed E-state index contributed by atoms with van der Waals surface area (Å²) in [5.74, 6) is -0.697. The summed E-state index contributed by atoms with van der Waals surface area (Å²) in [6.45, 7) is 3.74. The standard InChI is InChI=1S/C19H17N3O2S2/c1-3-11-8-9-13-15(10-11)25-18(21-13)22-17(24)19(2)16(23)20-12-6-4-5-7-14(12)26-19/h4-10H,3H2,1-2H3,(H,20,23)(H,21,22,24). The van der Waals surface area contributed by atoms with Gasteiger partial charge in [-0.05, 0) is 43.2 Å². The number of carbonyl (C=O) groups is 2. The van der Waals surface area contributed by atoms with E-state index in [1.165, 1.54) is 28.7 Å². The zero-order valence-corrected chi connectivity index (χ0v) is 16.0. The highest BCUT2D eigenvalue weighted by Crippen LogP contribution is 2.43. The second-order valence-electron chi connectivity index (χ2n) is 6.21. The molecule has 5 nitrogen and oxygen atoms in total. The van der Waals surface area contributed by atoms with Crippen molar-refractivity contribution in [2.75, 3.05) is 10.6 Å². The van der Waals surface area contributed by atoms with E-state index >= 15 is 0 Å². The van der Waals surface area contributed by atoms with Gasteiger partial charge in [-0.2, -0.15) is 0 Å². The number of nitrogens with zero attached hydrogens (tertiary/aromatic N) is 1. The molecule has 1 aliphatic heterocycles. The van der Waals surface area contributed by atoms with Crippen LogP contribution < -0.4 is 10.6 Å². The summed E-state index contributed by atoms with van der Waals surface area (Å²) in [6, 6.07) is 13.6.